The highest BCUT2D eigenvalue weighted by molar-refractivity contribution is 5.79. The third-order valence-corrected chi connectivity index (χ3v) is 7.15. The number of benzene rings is 3. The Bertz CT molecular complexity index is 1430. The van der Waals surface area contributed by atoms with Gasteiger partial charge in [-0.2, -0.15) is 0 Å². The summed E-state index contributed by atoms with van der Waals surface area (Å²) in [5, 5.41) is 0.579. The Kier molecular flexibility index (Phi) is 8.54. The van der Waals surface area contributed by atoms with Gasteiger partial charge in [-0.1, -0.05) is 68.8 Å². The standard InChI is InChI=1S/C32H37N3O2/c1-5-7-21-34(30(36)20-18-25-13-9-8-10-14-25)29(6-2)31-33-28-16-12-11-15-27(28)32(37)35(31)26-19-17-23(3)24(4)22-26/h8-17,19,22,29H,5-7,18,20-21H2,1-4H3. The molecule has 3 aromatic carbocycles. The van der Waals surface area contributed by atoms with Gasteiger partial charge in [0.2, 0.25) is 5.91 Å². The molecule has 0 spiro atoms. The molecular formula is C32H37N3O2. The Morgan fingerprint density at radius 2 is 1.68 bits per heavy atom. The minimum absolute atomic E-state index is 0.0956. The quantitative estimate of drug-likeness (QED) is 0.246. The minimum Gasteiger partial charge on any atom is -0.332 e. The summed E-state index contributed by atoms with van der Waals surface area (Å²) in [6.07, 6.45) is 3.65. The molecule has 0 saturated heterocycles. The number of aromatic nitrogens is 2. The predicted molar refractivity (Wildman–Crippen MR) is 151 cm³/mol. The molecule has 1 amide bonds. The van der Waals surface area contributed by atoms with Crippen molar-refractivity contribution in [2.75, 3.05) is 6.54 Å². The lowest BCUT2D eigenvalue weighted by Crippen LogP contribution is -2.39. The first kappa shape index (κ1) is 26.3. The van der Waals surface area contributed by atoms with Crippen LogP contribution in [0.2, 0.25) is 0 Å². The monoisotopic (exact) mass is 495 g/mol. The molecule has 0 fully saturated rings. The molecule has 0 N–H and O–H groups in total. The van der Waals surface area contributed by atoms with Gasteiger partial charge in [0.15, 0.2) is 0 Å². The summed E-state index contributed by atoms with van der Waals surface area (Å²) in [6.45, 7) is 8.95. The highest BCUT2D eigenvalue weighted by Crippen LogP contribution is 2.28. The number of hydrogen-bond acceptors (Lipinski definition) is 3. The van der Waals surface area contributed by atoms with E-state index in [9.17, 15) is 9.59 Å². The Hall–Kier alpha value is -3.73. The fraction of sp³-hybridized carbons (Fsp3) is 0.344. The van der Waals surface area contributed by atoms with E-state index >= 15 is 0 Å². The Morgan fingerprint density at radius 1 is 0.946 bits per heavy atom. The second-order valence-electron chi connectivity index (χ2n) is 9.75. The molecule has 37 heavy (non-hydrogen) atoms. The van der Waals surface area contributed by atoms with Crippen molar-refractivity contribution in [2.24, 2.45) is 0 Å². The summed E-state index contributed by atoms with van der Waals surface area (Å²) in [4.78, 5) is 34.6. The van der Waals surface area contributed by atoms with Gasteiger partial charge in [0.05, 0.1) is 22.6 Å². The molecule has 0 aliphatic carbocycles. The van der Waals surface area contributed by atoms with Crippen LogP contribution in [0, 0.1) is 13.8 Å². The molecule has 1 unspecified atom stereocenters. The van der Waals surface area contributed by atoms with E-state index in [1.807, 2.05) is 65.6 Å². The first-order valence-electron chi connectivity index (χ1n) is 13.4. The fourth-order valence-corrected chi connectivity index (χ4v) is 4.85. The minimum atomic E-state index is -0.311. The van der Waals surface area contributed by atoms with E-state index in [0.29, 0.717) is 42.5 Å². The number of hydrogen-bond donors (Lipinski definition) is 0. The molecular weight excluding hydrogens is 458 g/mol. The molecule has 0 saturated carbocycles. The van der Waals surface area contributed by atoms with Gasteiger partial charge in [-0.05, 0) is 74.1 Å². The molecule has 1 aromatic heterocycles. The summed E-state index contributed by atoms with van der Waals surface area (Å²) < 4.78 is 1.73. The highest BCUT2D eigenvalue weighted by Gasteiger charge is 2.28. The average Bonchev–Trinajstić information content (AvgIpc) is 2.92. The molecule has 4 aromatic rings. The van der Waals surface area contributed by atoms with Crippen molar-refractivity contribution >= 4 is 16.8 Å². The van der Waals surface area contributed by atoms with Crippen molar-refractivity contribution in [3.63, 3.8) is 0 Å². The molecule has 0 bridgehead atoms. The van der Waals surface area contributed by atoms with Crippen LogP contribution in [-0.4, -0.2) is 26.9 Å². The number of amides is 1. The fourth-order valence-electron chi connectivity index (χ4n) is 4.85. The van der Waals surface area contributed by atoms with Gasteiger partial charge in [-0.3, -0.25) is 14.2 Å². The third-order valence-electron chi connectivity index (χ3n) is 7.15. The van der Waals surface area contributed by atoms with Crippen LogP contribution in [0.5, 0.6) is 0 Å². The number of carbonyl (C=O) groups excluding carboxylic acids is 1. The summed E-state index contributed by atoms with van der Waals surface area (Å²) in [5.74, 6) is 0.719. The van der Waals surface area contributed by atoms with Crippen molar-refractivity contribution in [2.45, 2.75) is 65.8 Å². The van der Waals surface area contributed by atoms with Crippen LogP contribution in [0.3, 0.4) is 0 Å². The van der Waals surface area contributed by atoms with E-state index in [1.54, 1.807) is 4.57 Å². The van der Waals surface area contributed by atoms with Gasteiger partial charge in [-0.15, -0.1) is 0 Å². The predicted octanol–water partition coefficient (Wildman–Crippen LogP) is 6.72. The Labute approximate surface area is 219 Å². The summed E-state index contributed by atoms with van der Waals surface area (Å²) in [6, 6.07) is 23.3. The summed E-state index contributed by atoms with van der Waals surface area (Å²) in [5.41, 5.74) is 4.77. The van der Waals surface area contributed by atoms with Crippen LogP contribution >= 0.6 is 0 Å². The van der Waals surface area contributed by atoms with Crippen LogP contribution in [0.15, 0.2) is 77.6 Å². The normalized spacial score (nSPS) is 12.0. The molecule has 1 atom stereocenters. The van der Waals surface area contributed by atoms with E-state index in [0.717, 1.165) is 29.7 Å². The number of rotatable bonds is 10. The van der Waals surface area contributed by atoms with Crippen molar-refractivity contribution in [3.05, 3.63) is 106 Å². The molecule has 1 heterocycles. The molecule has 0 radical (unpaired) electrons. The molecule has 4 rings (SSSR count). The van der Waals surface area contributed by atoms with Gasteiger partial charge in [0, 0.05) is 13.0 Å². The molecule has 192 valence electrons. The molecule has 5 nitrogen and oxygen atoms in total. The van der Waals surface area contributed by atoms with Gasteiger partial charge >= 0.3 is 0 Å². The van der Waals surface area contributed by atoms with Gasteiger partial charge in [0.25, 0.3) is 5.56 Å². The van der Waals surface area contributed by atoms with Gasteiger partial charge in [0.1, 0.15) is 5.82 Å². The van der Waals surface area contributed by atoms with Crippen molar-refractivity contribution in [3.8, 4) is 5.69 Å². The van der Waals surface area contributed by atoms with Crippen LogP contribution in [0.4, 0.5) is 0 Å². The second kappa shape index (κ2) is 12.0. The van der Waals surface area contributed by atoms with Crippen LogP contribution in [0.1, 0.15) is 68.1 Å². The first-order valence-corrected chi connectivity index (χ1v) is 13.4. The van der Waals surface area contributed by atoms with E-state index in [-0.39, 0.29) is 17.5 Å². The van der Waals surface area contributed by atoms with Crippen molar-refractivity contribution in [1.29, 1.82) is 0 Å². The number of para-hydroxylation sites is 1. The van der Waals surface area contributed by atoms with E-state index in [1.165, 1.54) is 5.56 Å². The molecule has 0 aliphatic heterocycles. The maximum absolute atomic E-state index is 13.9. The largest absolute Gasteiger partial charge is 0.332 e. The van der Waals surface area contributed by atoms with Crippen molar-refractivity contribution < 1.29 is 4.79 Å². The van der Waals surface area contributed by atoms with Crippen LogP contribution < -0.4 is 5.56 Å². The van der Waals surface area contributed by atoms with E-state index in [2.05, 4.69) is 39.8 Å². The smallest absolute Gasteiger partial charge is 0.266 e. The summed E-state index contributed by atoms with van der Waals surface area (Å²) >= 11 is 0. The van der Waals surface area contributed by atoms with E-state index in [4.69, 9.17) is 4.98 Å². The second-order valence-corrected chi connectivity index (χ2v) is 9.75. The zero-order valence-corrected chi connectivity index (χ0v) is 22.4. The van der Waals surface area contributed by atoms with Crippen LogP contribution in [0.25, 0.3) is 16.6 Å². The number of nitrogens with zero attached hydrogens (tertiary/aromatic N) is 3. The SMILES string of the molecule is CCCCN(C(=O)CCc1ccccc1)C(CC)c1nc2ccccc2c(=O)n1-c1ccc(C)c(C)c1. The zero-order valence-electron chi connectivity index (χ0n) is 22.4. The average molecular weight is 496 g/mol. The molecule has 0 aliphatic rings. The van der Waals surface area contributed by atoms with Gasteiger partial charge in [-0.25, -0.2) is 4.98 Å². The van der Waals surface area contributed by atoms with Gasteiger partial charge < -0.3 is 4.90 Å². The topological polar surface area (TPSA) is 55.2 Å². The first-order chi connectivity index (χ1) is 17.9. The van der Waals surface area contributed by atoms with E-state index < -0.39 is 0 Å². The lowest BCUT2D eigenvalue weighted by Gasteiger charge is -2.32. The third kappa shape index (κ3) is 5.82. The van der Waals surface area contributed by atoms with Crippen LogP contribution in [-0.2, 0) is 11.2 Å². The number of carbonyl (C=O) groups is 1. The maximum atomic E-state index is 13.9. The Balaban J connectivity index is 1.83. The lowest BCUT2D eigenvalue weighted by atomic mass is 10.1. The van der Waals surface area contributed by atoms with Crippen molar-refractivity contribution in [1.82, 2.24) is 14.5 Å². The summed E-state index contributed by atoms with van der Waals surface area (Å²) in [7, 11) is 0. The number of aryl methyl sites for hydroxylation is 3. The maximum Gasteiger partial charge on any atom is 0.266 e. The molecule has 5 heteroatoms. The lowest BCUT2D eigenvalue weighted by molar-refractivity contribution is -0.134. The number of fused-ring (bicyclic) bond motifs is 1. The number of unbranched alkanes of at least 4 members (excludes halogenated alkanes) is 1. The highest BCUT2D eigenvalue weighted by atomic mass is 16.2. The Morgan fingerprint density at radius 3 is 2.38 bits per heavy atom. The zero-order chi connectivity index (χ0) is 26.4.